The second-order valence-electron chi connectivity index (χ2n) is 6.08. The van der Waals surface area contributed by atoms with E-state index in [1.807, 2.05) is 0 Å². The summed E-state index contributed by atoms with van der Waals surface area (Å²) in [6, 6.07) is 1.37. The van der Waals surface area contributed by atoms with Gasteiger partial charge in [-0.05, 0) is 45.4 Å². The third-order valence-electron chi connectivity index (χ3n) is 4.20. The first-order valence-electron chi connectivity index (χ1n) is 7.74. The normalized spacial score (nSPS) is 25.3. The minimum atomic E-state index is 0.632. The predicted molar refractivity (Wildman–Crippen MR) is 80.1 cm³/mol. The summed E-state index contributed by atoms with van der Waals surface area (Å²) in [5, 5.41) is 3.65. The third-order valence-corrected chi connectivity index (χ3v) is 4.20. The Morgan fingerprint density at radius 2 is 1.94 bits per heavy atom. The molecule has 108 valence electrons. The van der Waals surface area contributed by atoms with Crippen LogP contribution in [-0.2, 0) is 0 Å². The van der Waals surface area contributed by atoms with Gasteiger partial charge in [0.1, 0.15) is 0 Å². The molecule has 3 heteroatoms. The molecule has 0 amide bonds. The van der Waals surface area contributed by atoms with Gasteiger partial charge in [-0.2, -0.15) is 0 Å². The Kier molecular flexibility index (Phi) is 7.20. The van der Waals surface area contributed by atoms with Gasteiger partial charge in [-0.3, -0.25) is 4.90 Å². The van der Waals surface area contributed by atoms with Crippen molar-refractivity contribution in [3.63, 3.8) is 0 Å². The fraction of sp³-hybridized carbons (Fsp3) is 1.00. The monoisotopic (exact) mass is 255 g/mol. The lowest BCUT2D eigenvalue weighted by Gasteiger charge is -2.35. The summed E-state index contributed by atoms with van der Waals surface area (Å²) in [6.45, 7) is 15.2. The molecule has 0 spiro atoms. The van der Waals surface area contributed by atoms with Crippen molar-refractivity contribution in [1.82, 2.24) is 15.1 Å². The lowest BCUT2D eigenvalue weighted by Crippen LogP contribution is -2.49. The van der Waals surface area contributed by atoms with Crippen LogP contribution in [0.1, 0.15) is 40.5 Å². The van der Waals surface area contributed by atoms with Gasteiger partial charge in [0.2, 0.25) is 0 Å². The van der Waals surface area contributed by atoms with Crippen molar-refractivity contribution in [3.8, 4) is 0 Å². The molecule has 3 nitrogen and oxygen atoms in total. The molecule has 0 saturated carbocycles. The molecule has 1 saturated heterocycles. The van der Waals surface area contributed by atoms with Crippen LogP contribution in [0.5, 0.6) is 0 Å². The summed E-state index contributed by atoms with van der Waals surface area (Å²) in [5.41, 5.74) is 0. The van der Waals surface area contributed by atoms with E-state index in [-0.39, 0.29) is 0 Å². The molecule has 0 aliphatic carbocycles. The van der Waals surface area contributed by atoms with E-state index in [4.69, 9.17) is 0 Å². The van der Waals surface area contributed by atoms with Crippen molar-refractivity contribution in [3.05, 3.63) is 0 Å². The Labute approximate surface area is 114 Å². The van der Waals surface area contributed by atoms with E-state index in [0.717, 1.165) is 12.6 Å². The van der Waals surface area contributed by atoms with E-state index < -0.39 is 0 Å². The quantitative estimate of drug-likeness (QED) is 0.783. The van der Waals surface area contributed by atoms with Crippen LogP contribution in [0.15, 0.2) is 0 Å². The summed E-state index contributed by atoms with van der Waals surface area (Å²) in [4.78, 5) is 5.21. The van der Waals surface area contributed by atoms with Crippen molar-refractivity contribution in [2.45, 2.75) is 52.6 Å². The van der Waals surface area contributed by atoms with E-state index in [1.54, 1.807) is 0 Å². The van der Waals surface area contributed by atoms with Gasteiger partial charge in [-0.1, -0.05) is 27.7 Å². The molecule has 1 aliphatic rings. The maximum atomic E-state index is 3.65. The van der Waals surface area contributed by atoms with E-state index in [0.29, 0.717) is 12.0 Å². The largest absolute Gasteiger partial charge is 0.313 e. The van der Waals surface area contributed by atoms with E-state index in [2.05, 4.69) is 49.9 Å². The molecular weight excluding hydrogens is 222 g/mol. The molecule has 2 atom stereocenters. The molecule has 1 aliphatic heterocycles. The van der Waals surface area contributed by atoms with Crippen molar-refractivity contribution >= 4 is 0 Å². The van der Waals surface area contributed by atoms with Crippen molar-refractivity contribution < 1.29 is 0 Å². The van der Waals surface area contributed by atoms with Crippen LogP contribution < -0.4 is 5.32 Å². The van der Waals surface area contributed by atoms with Crippen LogP contribution in [0.25, 0.3) is 0 Å². The number of rotatable bonds is 6. The SMILES string of the molecule is CCNC(CN1CCCN(C)CC1CC)C(C)C. The second kappa shape index (κ2) is 8.13. The van der Waals surface area contributed by atoms with Gasteiger partial charge in [0.05, 0.1) is 0 Å². The average molecular weight is 255 g/mol. The molecule has 0 aromatic carbocycles. The van der Waals surface area contributed by atoms with Crippen molar-refractivity contribution in [2.24, 2.45) is 5.92 Å². The molecule has 0 aromatic rings. The molecule has 2 unspecified atom stereocenters. The smallest absolute Gasteiger partial charge is 0.0221 e. The van der Waals surface area contributed by atoms with Gasteiger partial charge in [-0.15, -0.1) is 0 Å². The Bertz CT molecular complexity index is 218. The first-order valence-corrected chi connectivity index (χ1v) is 7.74. The molecule has 0 radical (unpaired) electrons. The van der Waals surface area contributed by atoms with Gasteiger partial charge in [0.25, 0.3) is 0 Å². The highest BCUT2D eigenvalue weighted by Gasteiger charge is 2.25. The van der Waals surface area contributed by atoms with Gasteiger partial charge in [0.15, 0.2) is 0 Å². The minimum absolute atomic E-state index is 0.632. The topological polar surface area (TPSA) is 18.5 Å². The number of likely N-dealkylation sites (N-methyl/N-ethyl adjacent to an activating group) is 2. The Hall–Kier alpha value is -0.120. The Balaban J connectivity index is 2.60. The zero-order chi connectivity index (χ0) is 13.5. The first-order chi connectivity index (χ1) is 8.58. The predicted octanol–water partition coefficient (Wildman–Crippen LogP) is 2.04. The van der Waals surface area contributed by atoms with Crippen LogP contribution >= 0.6 is 0 Å². The highest BCUT2D eigenvalue weighted by molar-refractivity contribution is 4.82. The van der Waals surface area contributed by atoms with Gasteiger partial charge in [-0.25, -0.2) is 0 Å². The minimum Gasteiger partial charge on any atom is -0.313 e. The molecule has 1 fully saturated rings. The Morgan fingerprint density at radius 3 is 2.50 bits per heavy atom. The van der Waals surface area contributed by atoms with E-state index in [1.165, 1.54) is 39.0 Å². The average Bonchev–Trinajstić information content (AvgIpc) is 2.50. The Morgan fingerprint density at radius 1 is 1.22 bits per heavy atom. The van der Waals surface area contributed by atoms with Crippen molar-refractivity contribution in [2.75, 3.05) is 39.8 Å². The standard InChI is InChI=1S/C15H33N3/c1-6-14-11-17(5)9-8-10-18(14)12-15(13(3)4)16-7-2/h13-16H,6-12H2,1-5H3. The molecular formula is C15H33N3. The zero-order valence-corrected chi connectivity index (χ0v) is 13.1. The maximum Gasteiger partial charge on any atom is 0.0221 e. The van der Waals surface area contributed by atoms with Crippen LogP contribution in [0.2, 0.25) is 0 Å². The van der Waals surface area contributed by atoms with Crippen LogP contribution in [0.4, 0.5) is 0 Å². The molecule has 0 aromatic heterocycles. The first kappa shape index (κ1) is 15.9. The summed E-state index contributed by atoms with van der Waals surface area (Å²) in [5.74, 6) is 0.712. The van der Waals surface area contributed by atoms with E-state index in [9.17, 15) is 0 Å². The third kappa shape index (κ3) is 4.87. The highest BCUT2D eigenvalue weighted by atomic mass is 15.2. The number of nitrogens with one attached hydrogen (secondary N) is 1. The number of hydrogen-bond acceptors (Lipinski definition) is 3. The number of hydrogen-bond donors (Lipinski definition) is 1. The van der Waals surface area contributed by atoms with Gasteiger partial charge >= 0.3 is 0 Å². The summed E-state index contributed by atoms with van der Waals surface area (Å²) >= 11 is 0. The highest BCUT2D eigenvalue weighted by Crippen LogP contribution is 2.14. The van der Waals surface area contributed by atoms with Crippen molar-refractivity contribution in [1.29, 1.82) is 0 Å². The van der Waals surface area contributed by atoms with Crippen LogP contribution in [-0.4, -0.2) is 61.7 Å². The summed E-state index contributed by atoms with van der Waals surface area (Å²) in [7, 11) is 2.26. The van der Waals surface area contributed by atoms with Gasteiger partial charge in [0, 0.05) is 25.2 Å². The summed E-state index contributed by atoms with van der Waals surface area (Å²) < 4.78 is 0. The van der Waals surface area contributed by atoms with Gasteiger partial charge < -0.3 is 10.2 Å². The molecule has 0 bridgehead atoms. The zero-order valence-electron chi connectivity index (χ0n) is 13.1. The summed E-state index contributed by atoms with van der Waals surface area (Å²) in [6.07, 6.45) is 2.57. The molecule has 1 rings (SSSR count). The molecule has 1 heterocycles. The second-order valence-corrected chi connectivity index (χ2v) is 6.08. The fourth-order valence-electron chi connectivity index (χ4n) is 2.95. The molecule has 1 N–H and O–H groups in total. The number of nitrogens with zero attached hydrogens (tertiary/aromatic N) is 2. The van der Waals surface area contributed by atoms with E-state index >= 15 is 0 Å². The maximum absolute atomic E-state index is 3.65. The van der Waals surface area contributed by atoms with Crippen LogP contribution in [0.3, 0.4) is 0 Å². The molecule has 18 heavy (non-hydrogen) atoms. The van der Waals surface area contributed by atoms with Crippen LogP contribution in [0, 0.1) is 5.92 Å². The fourth-order valence-corrected chi connectivity index (χ4v) is 2.95. The lowest BCUT2D eigenvalue weighted by atomic mass is 10.0. The lowest BCUT2D eigenvalue weighted by molar-refractivity contribution is 0.154.